The van der Waals surface area contributed by atoms with Gasteiger partial charge in [0.15, 0.2) is 0 Å². The number of nitrogens with one attached hydrogen (secondary N) is 5. The maximum Gasteiger partial charge on any atom is 0.335 e. The molecule has 1 aliphatic rings. The number of nitrogens with zero attached hydrogens (tertiary/aromatic N) is 9. The number of fused-ring (bicyclic) bond motifs is 4. The average Bonchev–Trinajstić information content (AvgIpc) is 1.85. The number of hydrogen-bond donors (Lipinski definition) is 9. The Morgan fingerprint density at radius 1 is 0.537 bits per heavy atom. The van der Waals surface area contributed by atoms with Crippen LogP contribution in [-0.4, -0.2) is 224 Å². The van der Waals surface area contributed by atoms with Crippen molar-refractivity contribution >= 4 is 123 Å². The lowest BCUT2D eigenvalue weighted by molar-refractivity contribution is -0.139. The van der Waals surface area contributed by atoms with E-state index in [0.717, 1.165) is 14.0 Å². The lowest BCUT2D eigenvalue weighted by Gasteiger charge is -2.13. The minimum atomic E-state index is -0.986. The van der Waals surface area contributed by atoms with Crippen LogP contribution in [-0.2, 0) is 57.1 Å². The Labute approximate surface area is 552 Å². The van der Waals surface area contributed by atoms with Crippen molar-refractivity contribution in [2.45, 2.75) is 33.6 Å². The number of imide groups is 1. The van der Waals surface area contributed by atoms with Crippen molar-refractivity contribution in [1.29, 1.82) is 0 Å². The molecule has 0 bridgehead atoms. The molecule has 1 radical (unpaired) electrons. The molecule has 4 aromatic heterocycles. The van der Waals surface area contributed by atoms with Crippen molar-refractivity contribution in [2.75, 3.05) is 119 Å². The number of carbonyl (C=O) groups excluding carboxylic acids is 7. The summed E-state index contributed by atoms with van der Waals surface area (Å²) in [6.07, 6.45) is 1.22. The summed E-state index contributed by atoms with van der Waals surface area (Å²) in [5.74, 6) is 7.05. The molecule has 9 rings (SSSR count). The number of nitrogens with two attached hydrogens (primary N) is 2. The van der Waals surface area contributed by atoms with Crippen molar-refractivity contribution in [3.05, 3.63) is 95.1 Å². The van der Waals surface area contributed by atoms with E-state index in [1.165, 1.54) is 29.2 Å². The molecule has 40 heteroatoms. The van der Waals surface area contributed by atoms with Crippen LogP contribution in [0, 0.1) is 0 Å². The summed E-state index contributed by atoms with van der Waals surface area (Å²) in [6.45, 7) is 9.52. The van der Waals surface area contributed by atoms with Gasteiger partial charge in [-0.3, -0.25) is 65.8 Å². The molecule has 37 nitrogen and oxygen atoms in total. The van der Waals surface area contributed by atoms with E-state index in [1.807, 2.05) is 17.7 Å². The minimum absolute atomic E-state index is 0. The average molecular weight is 1370 g/mol. The summed E-state index contributed by atoms with van der Waals surface area (Å²) in [6, 6.07) is 18.6. The maximum atomic E-state index is 12.1. The van der Waals surface area contributed by atoms with E-state index in [-0.39, 0.29) is 50.3 Å². The second kappa shape index (κ2) is 48.7. The van der Waals surface area contributed by atoms with Crippen LogP contribution in [0.3, 0.4) is 0 Å². The van der Waals surface area contributed by atoms with Crippen LogP contribution in [0.2, 0.25) is 0 Å². The van der Waals surface area contributed by atoms with E-state index in [9.17, 15) is 38.4 Å². The normalized spacial score (nSPS) is 11.3. The van der Waals surface area contributed by atoms with Crippen LogP contribution in [0.1, 0.15) is 75.0 Å². The van der Waals surface area contributed by atoms with Crippen molar-refractivity contribution in [3.63, 3.8) is 0 Å². The third-order valence-electron chi connectivity index (χ3n) is 11.5. The first-order chi connectivity index (χ1) is 45.7. The molecule has 4 aromatic carbocycles. The zero-order valence-corrected chi connectivity index (χ0v) is 52.2. The SMILES string of the molecule is C.CCNS.NNC(=O)c1ccc2nonc2c1.NN[B]C=O.O=C(CCOCCOCCOCCOCCOCCOCCOCCOCCN1C(=O)CCC1=O)NNC(=O)c1ccc2nonc2c1.O=C(Cl)c1ccc2nonc2c1.O=C(O)c1ccc2nonc2c1. The van der Waals surface area contributed by atoms with E-state index in [1.54, 1.807) is 48.5 Å². The Hall–Kier alpha value is -8.94. The second-order valence-electron chi connectivity index (χ2n) is 18.0. The van der Waals surface area contributed by atoms with Gasteiger partial charge in [-0.1, -0.05) is 27.2 Å². The highest BCUT2D eigenvalue weighted by atomic mass is 35.5. The van der Waals surface area contributed by atoms with E-state index in [4.69, 9.17) is 60.4 Å². The van der Waals surface area contributed by atoms with Gasteiger partial charge < -0.3 is 47.8 Å². The molecule has 95 heavy (non-hydrogen) atoms. The summed E-state index contributed by atoms with van der Waals surface area (Å²) in [5, 5.41) is 38.8. The van der Waals surface area contributed by atoms with Gasteiger partial charge in [0.2, 0.25) is 17.7 Å². The largest absolute Gasteiger partial charge is 0.478 e. The molecule has 1 aliphatic heterocycles. The highest BCUT2D eigenvalue weighted by molar-refractivity contribution is 7.78. The Morgan fingerprint density at radius 3 is 1.20 bits per heavy atom. The fourth-order valence-corrected chi connectivity index (χ4v) is 7.00. The van der Waals surface area contributed by atoms with Gasteiger partial charge in [-0.15, -0.1) is 0 Å². The molecule has 1 saturated heterocycles. The fourth-order valence-electron chi connectivity index (χ4n) is 6.88. The van der Waals surface area contributed by atoms with Crippen LogP contribution in [0.15, 0.2) is 91.3 Å². The van der Waals surface area contributed by atoms with Crippen molar-refractivity contribution in [2.24, 2.45) is 11.7 Å². The van der Waals surface area contributed by atoms with Crippen LogP contribution >= 0.6 is 24.4 Å². The van der Waals surface area contributed by atoms with Gasteiger partial charge in [-0.2, -0.15) is 0 Å². The first-order valence-corrected chi connectivity index (χ1v) is 29.0. The third kappa shape index (κ3) is 32.2. The van der Waals surface area contributed by atoms with Gasteiger partial charge in [0.25, 0.3) is 17.1 Å². The number of likely N-dealkylation sites (tertiary alicyclic amines) is 1. The maximum absolute atomic E-state index is 12.1. The summed E-state index contributed by atoms with van der Waals surface area (Å²) < 4.78 is 63.9. The van der Waals surface area contributed by atoms with Crippen LogP contribution in [0.4, 0.5) is 0 Å². The number of aromatic carboxylic acids is 1. The highest BCUT2D eigenvalue weighted by Gasteiger charge is 2.28. The zero-order chi connectivity index (χ0) is 68.0. The Morgan fingerprint density at radius 2 is 0.863 bits per heavy atom. The first kappa shape index (κ1) is 80.3. The second-order valence-corrected chi connectivity index (χ2v) is 18.7. The number of nitrogen functional groups attached to an aromatic ring is 1. The number of ether oxygens (including phenoxy) is 8. The first-order valence-electron chi connectivity index (χ1n) is 28.2. The van der Waals surface area contributed by atoms with Gasteiger partial charge in [-0.25, -0.2) is 29.2 Å². The van der Waals surface area contributed by atoms with Gasteiger partial charge in [0.1, 0.15) is 44.1 Å². The van der Waals surface area contributed by atoms with Crippen LogP contribution in [0.25, 0.3) is 44.1 Å². The molecule has 0 saturated carbocycles. The van der Waals surface area contributed by atoms with Gasteiger partial charge >= 0.3 is 13.4 Å². The highest BCUT2D eigenvalue weighted by Crippen LogP contribution is 2.15. The number of aromatic nitrogens is 8. The van der Waals surface area contributed by atoms with E-state index in [0.29, 0.717) is 179 Å². The Balaban J connectivity index is 0.000000394. The van der Waals surface area contributed by atoms with Gasteiger partial charge in [-0.05, 0) is 126 Å². The zero-order valence-electron chi connectivity index (χ0n) is 50.5. The monoisotopic (exact) mass is 1370 g/mol. The molecule has 515 valence electrons. The Bertz CT molecular complexity index is 3450. The van der Waals surface area contributed by atoms with Crippen molar-refractivity contribution < 1.29 is 99.9 Å². The molecular weight excluding hydrogens is 1300 g/mol. The molecule has 0 spiro atoms. The number of halogens is 1. The molecular formula is C55H73BClN16O21S. The standard InChI is InChI=1S/C30H45N5O13.C7H3ClN2O2.C7H6N4O2.C7H4N2O3.C2H7NS.CH4BN2O.CH4/c36-27(31-32-30(39)24-1-2-25-26(23-24)34-48-33-25)5-7-40-9-11-42-13-15-44-17-19-46-21-22-47-20-18-45-16-14-43-12-10-41-8-6-35-28(37)3-4-29(35)38;8-7(11)4-1-2-5-6(3-4)10-12-9-5;8-9-7(12)4-1-2-5-6(3-4)11-13-10-5;10-7(11)4-1-2-5-6(3-4)9-12-8-5;1-2-3-4;3-4-2-1-5;/h1-2,23H,3-22H2,(H,31,36)(H,32,39);1-3H;1-3H,8H2,(H,9,12);1-3H,(H,10,11);3-4H,2H2,1H3;1,4H,3H2;1H4. The topological polar surface area (TPSA) is 502 Å². The summed E-state index contributed by atoms with van der Waals surface area (Å²) in [5.41, 5.74) is 12.2. The number of benzene rings is 4. The predicted octanol–water partition coefficient (Wildman–Crippen LogP) is 1.34. The summed E-state index contributed by atoms with van der Waals surface area (Å²) >= 11 is 8.92. The number of hydrazine groups is 3. The van der Waals surface area contributed by atoms with E-state index in [2.05, 4.69) is 94.0 Å². The minimum Gasteiger partial charge on any atom is -0.478 e. The van der Waals surface area contributed by atoms with Crippen LogP contribution < -0.4 is 38.0 Å². The van der Waals surface area contributed by atoms with Crippen LogP contribution in [0.5, 0.6) is 0 Å². The van der Waals surface area contributed by atoms with Gasteiger partial charge in [0, 0.05) is 36.1 Å². The van der Waals surface area contributed by atoms with E-state index >= 15 is 0 Å². The lowest BCUT2D eigenvalue weighted by atomic mass is 10.0. The summed E-state index contributed by atoms with van der Waals surface area (Å²) in [4.78, 5) is 89.7. The third-order valence-corrected chi connectivity index (χ3v) is 12.0. The van der Waals surface area contributed by atoms with E-state index < -0.39 is 23.0 Å². The summed E-state index contributed by atoms with van der Waals surface area (Å²) in [7, 11) is 1.10. The molecule has 5 amide bonds. The molecule has 0 aliphatic carbocycles. The quantitative estimate of drug-likeness (QED) is 0.00316. The van der Waals surface area contributed by atoms with Crippen molar-refractivity contribution in [3.8, 4) is 0 Å². The molecule has 8 aromatic rings. The van der Waals surface area contributed by atoms with Gasteiger partial charge in [0.05, 0.1) is 130 Å². The number of hydrogen-bond acceptors (Lipinski definition) is 33. The number of carboxylic acids is 1. The molecule has 0 unspecified atom stereocenters. The molecule has 1 fully saturated rings. The number of thiol groups is 1. The molecule has 0 atom stereocenters. The number of amides is 5. The molecule has 10 N–H and O–H groups in total. The number of carbonyl (C=O) groups is 8. The lowest BCUT2D eigenvalue weighted by Crippen LogP contribution is -2.42. The molecule has 5 heterocycles. The van der Waals surface area contributed by atoms with Crippen molar-refractivity contribution in [1.82, 2.24) is 72.5 Å². The number of carboxylic acid groups (broad SMARTS) is 1. The number of rotatable bonds is 34. The smallest absolute Gasteiger partial charge is 0.335 e. The Kier molecular flexibility index (Phi) is 41.2. The predicted molar refractivity (Wildman–Crippen MR) is 338 cm³/mol. The fraction of sp³-hybridized carbons (Fsp3) is 0.418.